The molecule has 1 nitrogen and oxygen atoms in total. The summed E-state index contributed by atoms with van der Waals surface area (Å²) >= 11 is 0. The maximum Gasteiger partial charge on any atom is 0.00950 e. The molecule has 102 valence electrons. The summed E-state index contributed by atoms with van der Waals surface area (Å²) in [6, 6.07) is 0.790. The fraction of sp³-hybridized carbons (Fsp3) is 1.00. The van der Waals surface area contributed by atoms with Gasteiger partial charge < -0.3 is 4.90 Å². The van der Waals surface area contributed by atoms with Gasteiger partial charge in [-0.2, -0.15) is 0 Å². The second-order valence-corrected chi connectivity index (χ2v) is 6.17. The van der Waals surface area contributed by atoms with Crippen molar-refractivity contribution in [1.29, 1.82) is 0 Å². The van der Waals surface area contributed by atoms with Crippen molar-refractivity contribution in [2.45, 2.75) is 78.7 Å². The molecule has 1 heteroatoms. The first-order valence-electron chi connectivity index (χ1n) is 7.90. The van der Waals surface area contributed by atoms with E-state index in [9.17, 15) is 0 Å². The summed E-state index contributed by atoms with van der Waals surface area (Å²) in [6.07, 6.45) is 9.89. The standard InChI is InChI=1S/C16H33N/c1-5-6-7-8-9-12-17-13-10-11-14(2)15(3)16(17)4/h14-16H,5-13H2,1-4H3. The SMILES string of the molecule is CCCCCCCN1CCCC(C)C(C)C1C. The lowest BCUT2D eigenvalue weighted by Crippen LogP contribution is -2.38. The summed E-state index contributed by atoms with van der Waals surface area (Å²) in [5, 5.41) is 0. The van der Waals surface area contributed by atoms with Crippen LogP contribution in [0.5, 0.6) is 0 Å². The summed E-state index contributed by atoms with van der Waals surface area (Å²) in [5.41, 5.74) is 0. The van der Waals surface area contributed by atoms with Crippen LogP contribution in [-0.2, 0) is 0 Å². The molecule has 0 aromatic carbocycles. The van der Waals surface area contributed by atoms with Gasteiger partial charge in [-0.05, 0) is 51.1 Å². The van der Waals surface area contributed by atoms with Gasteiger partial charge in [-0.3, -0.25) is 0 Å². The summed E-state index contributed by atoms with van der Waals surface area (Å²) in [4.78, 5) is 2.75. The van der Waals surface area contributed by atoms with Crippen molar-refractivity contribution in [3.8, 4) is 0 Å². The molecule has 0 radical (unpaired) electrons. The molecule has 1 aliphatic rings. The Hall–Kier alpha value is -0.0400. The van der Waals surface area contributed by atoms with Crippen molar-refractivity contribution in [2.24, 2.45) is 11.8 Å². The predicted molar refractivity (Wildman–Crippen MR) is 77.4 cm³/mol. The maximum atomic E-state index is 2.75. The van der Waals surface area contributed by atoms with E-state index in [0.717, 1.165) is 17.9 Å². The van der Waals surface area contributed by atoms with E-state index in [-0.39, 0.29) is 0 Å². The highest BCUT2D eigenvalue weighted by atomic mass is 15.2. The van der Waals surface area contributed by atoms with Crippen molar-refractivity contribution in [1.82, 2.24) is 4.90 Å². The van der Waals surface area contributed by atoms with E-state index < -0.39 is 0 Å². The van der Waals surface area contributed by atoms with Crippen molar-refractivity contribution < 1.29 is 0 Å². The summed E-state index contributed by atoms with van der Waals surface area (Å²) in [5.74, 6) is 1.78. The van der Waals surface area contributed by atoms with E-state index in [1.165, 1.54) is 58.0 Å². The van der Waals surface area contributed by atoms with Crippen LogP contribution in [0.25, 0.3) is 0 Å². The maximum absolute atomic E-state index is 2.75. The number of rotatable bonds is 6. The fourth-order valence-electron chi connectivity index (χ4n) is 3.12. The topological polar surface area (TPSA) is 3.24 Å². The largest absolute Gasteiger partial charge is 0.300 e. The molecule has 0 saturated carbocycles. The number of nitrogens with zero attached hydrogens (tertiary/aromatic N) is 1. The van der Waals surface area contributed by atoms with Crippen LogP contribution in [0.2, 0.25) is 0 Å². The third-order valence-electron chi connectivity index (χ3n) is 4.89. The highest BCUT2D eigenvalue weighted by molar-refractivity contribution is 4.80. The van der Waals surface area contributed by atoms with Crippen LogP contribution < -0.4 is 0 Å². The molecule has 0 bridgehead atoms. The van der Waals surface area contributed by atoms with Crippen molar-refractivity contribution in [2.75, 3.05) is 13.1 Å². The molecular weight excluding hydrogens is 206 g/mol. The Morgan fingerprint density at radius 3 is 2.41 bits per heavy atom. The monoisotopic (exact) mass is 239 g/mol. The molecule has 0 spiro atoms. The Labute approximate surface area is 109 Å². The van der Waals surface area contributed by atoms with Gasteiger partial charge in [0.1, 0.15) is 0 Å². The zero-order valence-electron chi connectivity index (χ0n) is 12.5. The molecular formula is C16H33N. The second-order valence-electron chi connectivity index (χ2n) is 6.17. The number of hydrogen-bond acceptors (Lipinski definition) is 1. The molecule has 17 heavy (non-hydrogen) atoms. The molecule has 1 aliphatic heterocycles. The van der Waals surface area contributed by atoms with Gasteiger partial charge in [0.05, 0.1) is 0 Å². The van der Waals surface area contributed by atoms with E-state index in [0.29, 0.717) is 0 Å². The Morgan fingerprint density at radius 1 is 1.00 bits per heavy atom. The molecule has 3 atom stereocenters. The number of likely N-dealkylation sites (tertiary alicyclic amines) is 1. The van der Waals surface area contributed by atoms with E-state index in [4.69, 9.17) is 0 Å². The lowest BCUT2D eigenvalue weighted by molar-refractivity contribution is 0.157. The van der Waals surface area contributed by atoms with Crippen molar-refractivity contribution in [3.05, 3.63) is 0 Å². The molecule has 1 saturated heterocycles. The Kier molecular flexibility index (Phi) is 7.18. The Balaban J connectivity index is 2.26. The Bertz CT molecular complexity index is 190. The molecule has 0 aromatic heterocycles. The minimum Gasteiger partial charge on any atom is -0.300 e. The van der Waals surface area contributed by atoms with Gasteiger partial charge >= 0.3 is 0 Å². The summed E-state index contributed by atoms with van der Waals surface area (Å²) < 4.78 is 0. The fourth-order valence-corrected chi connectivity index (χ4v) is 3.12. The highest BCUT2D eigenvalue weighted by Crippen LogP contribution is 2.27. The van der Waals surface area contributed by atoms with Crippen LogP contribution in [0.3, 0.4) is 0 Å². The van der Waals surface area contributed by atoms with E-state index >= 15 is 0 Å². The van der Waals surface area contributed by atoms with Crippen LogP contribution in [0, 0.1) is 11.8 Å². The minimum atomic E-state index is 0.790. The predicted octanol–water partition coefficient (Wildman–Crippen LogP) is 4.71. The Morgan fingerprint density at radius 2 is 1.71 bits per heavy atom. The van der Waals surface area contributed by atoms with Gasteiger partial charge in [-0.15, -0.1) is 0 Å². The quantitative estimate of drug-likeness (QED) is 0.607. The van der Waals surface area contributed by atoms with Crippen LogP contribution >= 0.6 is 0 Å². The first kappa shape index (κ1) is 15.0. The molecule has 0 amide bonds. The van der Waals surface area contributed by atoms with Gasteiger partial charge in [-0.1, -0.05) is 46.5 Å². The van der Waals surface area contributed by atoms with Crippen molar-refractivity contribution >= 4 is 0 Å². The average molecular weight is 239 g/mol. The second kappa shape index (κ2) is 8.13. The zero-order valence-corrected chi connectivity index (χ0v) is 12.5. The lowest BCUT2D eigenvalue weighted by atomic mass is 9.88. The molecule has 1 fully saturated rings. The normalized spacial score (nSPS) is 31.4. The van der Waals surface area contributed by atoms with Crippen LogP contribution in [0.4, 0.5) is 0 Å². The van der Waals surface area contributed by atoms with E-state index in [1.54, 1.807) is 0 Å². The smallest absolute Gasteiger partial charge is 0.00950 e. The van der Waals surface area contributed by atoms with Crippen LogP contribution in [-0.4, -0.2) is 24.0 Å². The molecule has 0 aliphatic carbocycles. The van der Waals surface area contributed by atoms with E-state index in [2.05, 4.69) is 32.6 Å². The van der Waals surface area contributed by atoms with Crippen LogP contribution in [0.15, 0.2) is 0 Å². The van der Waals surface area contributed by atoms with Gasteiger partial charge in [-0.25, -0.2) is 0 Å². The van der Waals surface area contributed by atoms with Gasteiger partial charge in [0.15, 0.2) is 0 Å². The summed E-state index contributed by atoms with van der Waals surface area (Å²) in [7, 11) is 0. The third kappa shape index (κ3) is 4.99. The third-order valence-corrected chi connectivity index (χ3v) is 4.89. The lowest BCUT2D eigenvalue weighted by Gasteiger charge is -2.32. The first-order valence-corrected chi connectivity index (χ1v) is 7.90. The first-order chi connectivity index (χ1) is 8.16. The molecule has 3 unspecified atom stereocenters. The van der Waals surface area contributed by atoms with Gasteiger partial charge in [0.25, 0.3) is 0 Å². The molecule has 1 heterocycles. The van der Waals surface area contributed by atoms with E-state index in [1.807, 2.05) is 0 Å². The zero-order chi connectivity index (χ0) is 12.7. The van der Waals surface area contributed by atoms with Crippen molar-refractivity contribution in [3.63, 3.8) is 0 Å². The number of hydrogen-bond donors (Lipinski definition) is 0. The minimum absolute atomic E-state index is 0.790. The molecule has 0 aromatic rings. The van der Waals surface area contributed by atoms with Crippen LogP contribution in [0.1, 0.15) is 72.6 Å². The highest BCUT2D eigenvalue weighted by Gasteiger charge is 2.26. The van der Waals surface area contributed by atoms with Gasteiger partial charge in [0.2, 0.25) is 0 Å². The average Bonchev–Trinajstić information content (AvgIpc) is 2.44. The summed E-state index contributed by atoms with van der Waals surface area (Å²) in [6.45, 7) is 12.3. The molecule has 1 rings (SSSR count). The number of unbranched alkanes of at least 4 members (excludes halogenated alkanes) is 4. The molecule has 0 N–H and O–H groups in total. The van der Waals surface area contributed by atoms with Gasteiger partial charge in [0, 0.05) is 6.04 Å².